The van der Waals surface area contributed by atoms with E-state index in [2.05, 4.69) is 10.3 Å². The highest BCUT2D eigenvalue weighted by atomic mass is 35.5. The molecule has 2 heterocycles. The molecule has 0 saturated carbocycles. The molecule has 8 nitrogen and oxygen atoms in total. The molecule has 0 unspecified atom stereocenters. The molecule has 1 aromatic carbocycles. The van der Waals surface area contributed by atoms with Gasteiger partial charge in [0.05, 0.1) is 17.1 Å². The molecule has 188 valence electrons. The van der Waals surface area contributed by atoms with Gasteiger partial charge in [0.15, 0.2) is 0 Å². The molecular formula is C22H22ClF4N5O3. The number of urea groups is 1. The van der Waals surface area contributed by atoms with Crippen LogP contribution in [-0.2, 0) is 15.8 Å². The number of nitrogens with zero attached hydrogens (tertiary/aromatic N) is 4. The van der Waals surface area contributed by atoms with E-state index in [1.165, 1.54) is 38.1 Å². The van der Waals surface area contributed by atoms with Crippen LogP contribution >= 0.6 is 11.6 Å². The third-order valence-corrected chi connectivity index (χ3v) is 5.78. The van der Waals surface area contributed by atoms with E-state index in [1.54, 1.807) is 0 Å². The van der Waals surface area contributed by atoms with Crippen LogP contribution in [0.5, 0.6) is 0 Å². The Morgan fingerprint density at radius 1 is 1.26 bits per heavy atom. The van der Waals surface area contributed by atoms with Crippen molar-refractivity contribution in [2.24, 2.45) is 0 Å². The van der Waals surface area contributed by atoms with Gasteiger partial charge in [-0.15, -0.1) is 0 Å². The van der Waals surface area contributed by atoms with E-state index in [0.29, 0.717) is 6.07 Å². The minimum absolute atomic E-state index is 0.00342. The lowest BCUT2D eigenvalue weighted by molar-refractivity contribution is -0.137. The van der Waals surface area contributed by atoms with Crippen molar-refractivity contribution in [1.82, 2.24) is 15.2 Å². The normalized spacial score (nSPS) is 16.0. The number of pyridine rings is 1. The Morgan fingerprint density at radius 3 is 2.54 bits per heavy atom. The molecule has 35 heavy (non-hydrogen) atoms. The molecule has 1 atom stereocenters. The van der Waals surface area contributed by atoms with Crippen molar-refractivity contribution in [3.05, 3.63) is 52.4 Å². The minimum Gasteiger partial charge on any atom is -0.359 e. The van der Waals surface area contributed by atoms with E-state index in [0.717, 1.165) is 21.9 Å². The number of halogens is 5. The Hall–Kier alpha value is -3.41. The summed E-state index contributed by atoms with van der Waals surface area (Å²) in [5.41, 5.74) is -0.816. The monoisotopic (exact) mass is 515 g/mol. The van der Waals surface area contributed by atoms with Crippen molar-refractivity contribution >= 4 is 41.0 Å². The first-order valence-electron chi connectivity index (χ1n) is 10.4. The number of carbonyl (C=O) groups excluding carboxylic acids is 3. The van der Waals surface area contributed by atoms with Gasteiger partial charge >= 0.3 is 12.2 Å². The number of hydrogen-bond acceptors (Lipinski definition) is 4. The second-order valence-corrected chi connectivity index (χ2v) is 8.29. The summed E-state index contributed by atoms with van der Waals surface area (Å²) in [4.78, 5) is 45.6. The fourth-order valence-corrected chi connectivity index (χ4v) is 3.81. The summed E-state index contributed by atoms with van der Waals surface area (Å²) < 4.78 is 53.9. The van der Waals surface area contributed by atoms with Crippen molar-refractivity contribution in [2.75, 3.05) is 37.0 Å². The molecule has 1 saturated heterocycles. The van der Waals surface area contributed by atoms with E-state index in [1.807, 2.05) is 0 Å². The summed E-state index contributed by atoms with van der Waals surface area (Å²) in [5, 5.41) is 2.18. The van der Waals surface area contributed by atoms with Crippen molar-refractivity contribution in [3.8, 4) is 0 Å². The maximum Gasteiger partial charge on any atom is 0.416 e. The zero-order valence-electron chi connectivity index (χ0n) is 19.0. The molecule has 0 bridgehead atoms. The number of benzene rings is 1. The second kappa shape index (κ2) is 10.1. The Kier molecular flexibility index (Phi) is 7.53. The predicted octanol–water partition coefficient (Wildman–Crippen LogP) is 3.61. The standard InChI is InChI=1S/C22H22ClF4N5O3/c1-12-8-13(22(25,26)27)9-18(29-12)32-17(11-31(21(32)35)7-6-19(33)28-2)20(34)30(3)14-4-5-16(24)15(23)10-14/h4-5,8-10,17H,6-7,11H2,1-3H3,(H,28,33)/t17-/m0/s1. The zero-order valence-corrected chi connectivity index (χ0v) is 19.7. The first kappa shape index (κ1) is 26.2. The second-order valence-electron chi connectivity index (χ2n) is 7.89. The molecule has 13 heteroatoms. The fraction of sp³-hybridized carbons (Fsp3) is 0.364. The van der Waals surface area contributed by atoms with Crippen molar-refractivity contribution in [1.29, 1.82) is 0 Å². The van der Waals surface area contributed by atoms with Gasteiger partial charge in [0.1, 0.15) is 17.7 Å². The fourth-order valence-electron chi connectivity index (χ4n) is 3.63. The predicted molar refractivity (Wildman–Crippen MR) is 121 cm³/mol. The molecule has 0 aliphatic carbocycles. The Labute approximate surface area is 203 Å². The van der Waals surface area contributed by atoms with Crippen LogP contribution in [-0.4, -0.2) is 61.0 Å². The SMILES string of the molecule is CNC(=O)CCN1C[C@@H](C(=O)N(C)c2ccc(F)c(Cl)c2)N(c2cc(C(F)(F)F)cc(C)n2)C1=O. The van der Waals surface area contributed by atoms with Gasteiger partial charge in [0.25, 0.3) is 5.91 Å². The number of nitrogens with one attached hydrogen (secondary N) is 1. The van der Waals surface area contributed by atoms with Crippen molar-refractivity contribution < 1.29 is 31.9 Å². The third-order valence-electron chi connectivity index (χ3n) is 5.49. The number of rotatable bonds is 6. The molecule has 0 spiro atoms. The Balaban J connectivity index is 2.01. The largest absolute Gasteiger partial charge is 0.416 e. The molecule has 1 aromatic heterocycles. The number of carbonyl (C=O) groups is 3. The third kappa shape index (κ3) is 5.64. The molecule has 0 radical (unpaired) electrons. The molecular weight excluding hydrogens is 494 g/mol. The number of aromatic nitrogens is 1. The number of hydrogen-bond donors (Lipinski definition) is 1. The highest BCUT2D eigenvalue weighted by molar-refractivity contribution is 6.31. The lowest BCUT2D eigenvalue weighted by Gasteiger charge is -2.27. The number of alkyl halides is 3. The van der Waals surface area contributed by atoms with E-state index in [4.69, 9.17) is 11.6 Å². The van der Waals surface area contributed by atoms with Gasteiger partial charge in [-0.2, -0.15) is 13.2 Å². The summed E-state index contributed by atoms with van der Waals surface area (Å²) in [7, 11) is 2.79. The van der Waals surface area contributed by atoms with Gasteiger partial charge in [-0.05, 0) is 37.3 Å². The van der Waals surface area contributed by atoms with Crippen LogP contribution in [0.15, 0.2) is 30.3 Å². The molecule has 1 aliphatic rings. The number of aryl methyl sites for hydroxylation is 1. The van der Waals surface area contributed by atoms with Crippen molar-refractivity contribution in [2.45, 2.75) is 25.6 Å². The number of anilines is 2. The molecule has 1 fully saturated rings. The van der Waals surface area contributed by atoms with Crippen molar-refractivity contribution in [3.63, 3.8) is 0 Å². The average Bonchev–Trinajstić information content (AvgIpc) is 3.13. The van der Waals surface area contributed by atoms with E-state index < -0.39 is 35.5 Å². The van der Waals surface area contributed by atoms with Crippen LogP contribution in [0.2, 0.25) is 5.02 Å². The first-order valence-corrected chi connectivity index (χ1v) is 10.8. The van der Waals surface area contributed by atoms with Gasteiger partial charge in [-0.25, -0.2) is 14.2 Å². The summed E-state index contributed by atoms with van der Waals surface area (Å²) >= 11 is 5.82. The summed E-state index contributed by atoms with van der Waals surface area (Å²) in [6, 6.07) is 3.06. The summed E-state index contributed by atoms with van der Waals surface area (Å²) in [5.74, 6) is -2.07. The maximum absolute atomic E-state index is 13.6. The lowest BCUT2D eigenvalue weighted by Crippen LogP contribution is -2.47. The van der Waals surface area contributed by atoms with Gasteiger partial charge in [0.2, 0.25) is 5.91 Å². The lowest BCUT2D eigenvalue weighted by atomic mass is 10.1. The summed E-state index contributed by atoms with van der Waals surface area (Å²) in [6.45, 7) is 1.07. The highest BCUT2D eigenvalue weighted by Gasteiger charge is 2.45. The van der Waals surface area contributed by atoms with Gasteiger partial charge in [-0.3, -0.25) is 14.5 Å². The molecule has 3 rings (SSSR count). The van der Waals surface area contributed by atoms with Gasteiger partial charge in [0, 0.05) is 38.4 Å². The molecule has 2 aromatic rings. The maximum atomic E-state index is 13.6. The minimum atomic E-state index is -4.70. The van der Waals surface area contributed by atoms with E-state index in [9.17, 15) is 31.9 Å². The Bertz CT molecular complexity index is 1160. The average molecular weight is 516 g/mol. The van der Waals surface area contributed by atoms with Crippen LogP contribution in [0, 0.1) is 12.7 Å². The van der Waals surface area contributed by atoms with E-state index >= 15 is 0 Å². The van der Waals surface area contributed by atoms with Crippen LogP contribution < -0.4 is 15.1 Å². The molecule has 4 amide bonds. The topological polar surface area (TPSA) is 85.8 Å². The van der Waals surface area contributed by atoms with Crippen LogP contribution in [0.3, 0.4) is 0 Å². The quantitative estimate of drug-likeness (QED) is 0.596. The first-order chi connectivity index (χ1) is 16.3. The van der Waals surface area contributed by atoms with Crippen LogP contribution in [0.25, 0.3) is 0 Å². The zero-order chi connectivity index (χ0) is 26.1. The number of amides is 4. The number of likely N-dealkylation sites (N-methyl/N-ethyl adjacent to an activating group) is 1. The Morgan fingerprint density at radius 2 is 1.94 bits per heavy atom. The highest BCUT2D eigenvalue weighted by Crippen LogP contribution is 2.34. The molecule has 1 aliphatic heterocycles. The van der Waals surface area contributed by atoms with E-state index in [-0.39, 0.29) is 47.6 Å². The summed E-state index contributed by atoms with van der Waals surface area (Å²) in [6.07, 6.45) is -4.78. The van der Waals surface area contributed by atoms with Crippen LogP contribution in [0.4, 0.5) is 33.9 Å². The van der Waals surface area contributed by atoms with Crippen LogP contribution in [0.1, 0.15) is 17.7 Å². The van der Waals surface area contributed by atoms with Gasteiger partial charge in [-0.1, -0.05) is 11.6 Å². The smallest absolute Gasteiger partial charge is 0.359 e. The van der Waals surface area contributed by atoms with Gasteiger partial charge < -0.3 is 15.1 Å². The molecule has 1 N–H and O–H groups in total.